The summed E-state index contributed by atoms with van der Waals surface area (Å²) in [5, 5.41) is 6.40. The third-order valence-corrected chi connectivity index (χ3v) is 4.35. The van der Waals surface area contributed by atoms with Crippen LogP contribution >= 0.6 is 0 Å². The molecule has 7 heteroatoms. The van der Waals surface area contributed by atoms with Crippen molar-refractivity contribution in [3.63, 3.8) is 0 Å². The van der Waals surface area contributed by atoms with Crippen LogP contribution in [0.4, 0.5) is 0 Å². The zero-order valence-corrected chi connectivity index (χ0v) is 16.8. The molecule has 0 aliphatic rings. The van der Waals surface area contributed by atoms with Gasteiger partial charge < -0.3 is 15.4 Å². The summed E-state index contributed by atoms with van der Waals surface area (Å²) >= 11 is 0. The zero-order valence-electron chi connectivity index (χ0n) is 15.9. The number of nitrogens with zero attached hydrogens (tertiary/aromatic N) is 1. The van der Waals surface area contributed by atoms with E-state index in [0.717, 1.165) is 31.4 Å². The highest BCUT2D eigenvalue weighted by molar-refractivity contribution is 7.90. The van der Waals surface area contributed by atoms with Gasteiger partial charge in [-0.2, -0.15) is 0 Å². The van der Waals surface area contributed by atoms with E-state index in [-0.39, 0.29) is 12.4 Å². The summed E-state index contributed by atoms with van der Waals surface area (Å²) < 4.78 is 27.3. The number of ether oxygens (including phenoxy) is 1. The van der Waals surface area contributed by atoms with Gasteiger partial charge >= 0.3 is 0 Å². The van der Waals surface area contributed by atoms with E-state index in [1.54, 1.807) is 0 Å². The van der Waals surface area contributed by atoms with Crippen LogP contribution in [-0.2, 0) is 14.6 Å². The van der Waals surface area contributed by atoms with Gasteiger partial charge in [0.1, 0.15) is 9.84 Å². The molecule has 0 aromatic carbocycles. The molecule has 0 heterocycles. The van der Waals surface area contributed by atoms with Crippen molar-refractivity contribution in [1.82, 2.24) is 10.6 Å². The monoisotopic (exact) mass is 363 g/mol. The van der Waals surface area contributed by atoms with Gasteiger partial charge in [-0.05, 0) is 19.3 Å². The van der Waals surface area contributed by atoms with Gasteiger partial charge in [0, 0.05) is 25.9 Å². The van der Waals surface area contributed by atoms with Gasteiger partial charge in [-0.1, -0.05) is 39.5 Å². The molecule has 0 amide bonds. The van der Waals surface area contributed by atoms with Gasteiger partial charge in [-0.25, -0.2) is 8.42 Å². The van der Waals surface area contributed by atoms with E-state index in [1.807, 2.05) is 6.92 Å². The second-order valence-corrected chi connectivity index (χ2v) is 8.79. The maximum Gasteiger partial charge on any atom is 0.191 e. The fraction of sp³-hybridized carbons (Fsp3) is 0.941. The third-order valence-electron chi connectivity index (χ3n) is 3.44. The lowest BCUT2D eigenvalue weighted by molar-refractivity contribution is 0.154. The van der Waals surface area contributed by atoms with Crippen LogP contribution in [0.3, 0.4) is 0 Å². The maximum absolute atomic E-state index is 11.0. The van der Waals surface area contributed by atoms with Crippen LogP contribution in [0.25, 0.3) is 0 Å². The molecule has 0 rings (SSSR count). The Morgan fingerprint density at radius 1 is 1.08 bits per heavy atom. The summed E-state index contributed by atoms with van der Waals surface area (Å²) in [6.45, 7) is 9.53. The van der Waals surface area contributed by atoms with Crippen LogP contribution in [0.15, 0.2) is 4.99 Å². The Bertz CT molecular complexity index is 423. The van der Waals surface area contributed by atoms with E-state index in [1.165, 1.54) is 31.9 Å². The van der Waals surface area contributed by atoms with Gasteiger partial charge in [-0.15, -0.1) is 0 Å². The molecule has 0 radical (unpaired) electrons. The van der Waals surface area contributed by atoms with Crippen molar-refractivity contribution in [2.45, 2.75) is 52.9 Å². The van der Waals surface area contributed by atoms with Crippen molar-refractivity contribution in [1.29, 1.82) is 0 Å². The standard InChI is InChI=1S/C17H37N3O3S/c1-5-18-17(19-11-9-7-6-8-10-16(2)3)20-12-13-23-14-15-24(4,21)22/h16H,5-15H2,1-4H3,(H2,18,19,20). The molecule has 0 aliphatic heterocycles. The normalized spacial score (nSPS) is 12.6. The van der Waals surface area contributed by atoms with Crippen molar-refractivity contribution in [2.24, 2.45) is 10.9 Å². The number of nitrogens with one attached hydrogen (secondary N) is 2. The molecule has 0 aromatic rings. The highest BCUT2D eigenvalue weighted by Crippen LogP contribution is 2.09. The minimum atomic E-state index is -2.94. The molecule has 0 saturated heterocycles. The molecule has 0 fully saturated rings. The summed E-state index contributed by atoms with van der Waals surface area (Å²) in [6.07, 6.45) is 7.46. The Labute approximate surface area is 148 Å². The second kappa shape index (κ2) is 14.5. The SMILES string of the molecule is CCNC(=NCCCCCCC(C)C)NCCOCCS(C)(=O)=O. The lowest BCUT2D eigenvalue weighted by Gasteiger charge is -2.11. The molecule has 0 unspecified atom stereocenters. The number of guanidine groups is 1. The molecule has 144 valence electrons. The minimum absolute atomic E-state index is 0.0674. The number of sulfone groups is 1. The first-order valence-corrected chi connectivity index (χ1v) is 11.2. The van der Waals surface area contributed by atoms with Crippen molar-refractivity contribution in [2.75, 3.05) is 44.9 Å². The van der Waals surface area contributed by atoms with E-state index in [9.17, 15) is 8.42 Å². The Morgan fingerprint density at radius 2 is 1.79 bits per heavy atom. The largest absolute Gasteiger partial charge is 0.379 e. The smallest absolute Gasteiger partial charge is 0.191 e. The fourth-order valence-corrected chi connectivity index (χ4v) is 2.53. The molecule has 0 atom stereocenters. The molecule has 0 bridgehead atoms. The zero-order chi connectivity index (χ0) is 18.3. The Hall–Kier alpha value is -0.820. The highest BCUT2D eigenvalue weighted by Gasteiger charge is 2.01. The highest BCUT2D eigenvalue weighted by atomic mass is 32.2. The molecule has 6 nitrogen and oxygen atoms in total. The average molecular weight is 364 g/mol. The van der Waals surface area contributed by atoms with E-state index in [2.05, 4.69) is 29.5 Å². The summed E-state index contributed by atoms with van der Waals surface area (Å²) in [5.74, 6) is 1.66. The number of aliphatic imine (C=N–C) groups is 1. The van der Waals surface area contributed by atoms with Crippen LogP contribution in [0.1, 0.15) is 52.9 Å². The number of unbranched alkanes of at least 4 members (excludes halogenated alkanes) is 3. The first kappa shape index (κ1) is 23.2. The van der Waals surface area contributed by atoms with Gasteiger partial charge in [0.15, 0.2) is 5.96 Å². The van der Waals surface area contributed by atoms with E-state index in [0.29, 0.717) is 13.2 Å². The van der Waals surface area contributed by atoms with Gasteiger partial charge in [0.2, 0.25) is 0 Å². The first-order valence-electron chi connectivity index (χ1n) is 9.12. The third kappa shape index (κ3) is 17.5. The second-order valence-electron chi connectivity index (χ2n) is 6.53. The number of rotatable bonds is 14. The summed E-state index contributed by atoms with van der Waals surface area (Å²) in [7, 11) is -2.94. The number of hydrogen-bond acceptors (Lipinski definition) is 4. The van der Waals surface area contributed by atoms with E-state index >= 15 is 0 Å². The van der Waals surface area contributed by atoms with Crippen LogP contribution in [0.5, 0.6) is 0 Å². The lowest BCUT2D eigenvalue weighted by Crippen LogP contribution is -2.39. The average Bonchev–Trinajstić information content (AvgIpc) is 2.48. The van der Waals surface area contributed by atoms with E-state index in [4.69, 9.17) is 4.74 Å². The predicted molar refractivity (Wildman–Crippen MR) is 102 cm³/mol. The molecule has 0 aliphatic carbocycles. The predicted octanol–water partition coefficient (Wildman–Crippen LogP) is 2.21. The van der Waals surface area contributed by atoms with Crippen LogP contribution in [0, 0.1) is 5.92 Å². The minimum Gasteiger partial charge on any atom is -0.379 e. The van der Waals surface area contributed by atoms with Crippen molar-refractivity contribution in [3.8, 4) is 0 Å². The van der Waals surface area contributed by atoms with Gasteiger partial charge in [-0.3, -0.25) is 4.99 Å². The number of hydrogen-bond donors (Lipinski definition) is 2. The van der Waals surface area contributed by atoms with Crippen LogP contribution in [-0.4, -0.2) is 59.2 Å². The van der Waals surface area contributed by atoms with Crippen LogP contribution < -0.4 is 10.6 Å². The van der Waals surface area contributed by atoms with E-state index < -0.39 is 9.84 Å². The van der Waals surface area contributed by atoms with Gasteiger partial charge in [0.05, 0.1) is 19.0 Å². The maximum atomic E-state index is 11.0. The lowest BCUT2D eigenvalue weighted by atomic mass is 10.0. The molecule has 0 saturated carbocycles. The molecule has 0 spiro atoms. The van der Waals surface area contributed by atoms with Crippen molar-refractivity contribution >= 4 is 15.8 Å². The van der Waals surface area contributed by atoms with Crippen LogP contribution in [0.2, 0.25) is 0 Å². The Morgan fingerprint density at radius 3 is 2.42 bits per heavy atom. The van der Waals surface area contributed by atoms with Crippen molar-refractivity contribution in [3.05, 3.63) is 0 Å². The molecule has 2 N–H and O–H groups in total. The summed E-state index contributed by atoms with van der Waals surface area (Å²) in [5.41, 5.74) is 0. The van der Waals surface area contributed by atoms with Gasteiger partial charge in [0.25, 0.3) is 0 Å². The molecule has 24 heavy (non-hydrogen) atoms. The fourth-order valence-electron chi connectivity index (χ4n) is 2.10. The Kier molecular flexibility index (Phi) is 14.0. The first-order chi connectivity index (χ1) is 11.3. The summed E-state index contributed by atoms with van der Waals surface area (Å²) in [6, 6.07) is 0. The summed E-state index contributed by atoms with van der Waals surface area (Å²) in [4.78, 5) is 4.55. The topological polar surface area (TPSA) is 79.8 Å². The molecular formula is C17H37N3O3S. The quantitative estimate of drug-likeness (QED) is 0.281. The van der Waals surface area contributed by atoms with Crippen molar-refractivity contribution < 1.29 is 13.2 Å². The Balaban J connectivity index is 3.75. The molecular weight excluding hydrogens is 326 g/mol. The molecule has 0 aromatic heterocycles.